The van der Waals surface area contributed by atoms with Gasteiger partial charge in [-0.2, -0.15) is 0 Å². The van der Waals surface area contributed by atoms with Crippen LogP contribution in [0, 0.1) is 5.92 Å². The standard InChI is InChI=1S/C7H16N2O/c1-6(2)4-7(10)9-5-8-3/h6,8H,4-5H2,1-3H3,(H,9,10). The predicted octanol–water partition coefficient (Wildman–Crippen LogP) is 0.326. The van der Waals surface area contributed by atoms with Crippen LogP contribution in [0.15, 0.2) is 0 Å². The molecule has 0 aliphatic carbocycles. The fourth-order valence-corrected chi connectivity index (χ4v) is 0.630. The van der Waals surface area contributed by atoms with E-state index in [1.54, 1.807) is 7.05 Å². The van der Waals surface area contributed by atoms with E-state index in [4.69, 9.17) is 0 Å². The van der Waals surface area contributed by atoms with Crippen LogP contribution in [0.5, 0.6) is 0 Å². The largest absolute Gasteiger partial charge is 0.344 e. The summed E-state index contributed by atoms with van der Waals surface area (Å²) in [5.41, 5.74) is 0. The van der Waals surface area contributed by atoms with Crippen molar-refractivity contribution in [3.05, 3.63) is 0 Å². The molecule has 0 rings (SSSR count). The van der Waals surface area contributed by atoms with E-state index < -0.39 is 0 Å². The van der Waals surface area contributed by atoms with Crippen molar-refractivity contribution < 1.29 is 4.79 Å². The average molecular weight is 144 g/mol. The van der Waals surface area contributed by atoms with E-state index in [0.29, 0.717) is 19.0 Å². The van der Waals surface area contributed by atoms with Gasteiger partial charge in [-0.05, 0) is 13.0 Å². The Hall–Kier alpha value is -0.570. The Balaban J connectivity index is 3.26. The third kappa shape index (κ3) is 5.56. The Morgan fingerprint density at radius 2 is 2.10 bits per heavy atom. The first kappa shape index (κ1) is 9.43. The summed E-state index contributed by atoms with van der Waals surface area (Å²) in [6.07, 6.45) is 0.613. The molecule has 0 bridgehead atoms. The summed E-state index contributed by atoms with van der Waals surface area (Å²) >= 11 is 0. The van der Waals surface area contributed by atoms with Crippen molar-refractivity contribution in [2.75, 3.05) is 13.7 Å². The molecule has 3 heteroatoms. The van der Waals surface area contributed by atoms with Crippen LogP contribution >= 0.6 is 0 Å². The van der Waals surface area contributed by atoms with Crippen molar-refractivity contribution in [1.82, 2.24) is 10.6 Å². The first-order chi connectivity index (χ1) is 4.66. The van der Waals surface area contributed by atoms with E-state index in [1.165, 1.54) is 0 Å². The van der Waals surface area contributed by atoms with Crippen LogP contribution in [-0.4, -0.2) is 19.6 Å². The van der Waals surface area contributed by atoms with Gasteiger partial charge in [0, 0.05) is 6.42 Å². The molecule has 0 unspecified atom stereocenters. The van der Waals surface area contributed by atoms with Crippen LogP contribution in [0.25, 0.3) is 0 Å². The van der Waals surface area contributed by atoms with Gasteiger partial charge in [-0.25, -0.2) is 0 Å². The van der Waals surface area contributed by atoms with Crippen molar-refractivity contribution in [3.63, 3.8) is 0 Å². The van der Waals surface area contributed by atoms with E-state index in [9.17, 15) is 4.79 Å². The number of hydrogen-bond acceptors (Lipinski definition) is 2. The smallest absolute Gasteiger partial charge is 0.221 e. The fourth-order valence-electron chi connectivity index (χ4n) is 0.630. The van der Waals surface area contributed by atoms with E-state index in [0.717, 1.165) is 0 Å². The van der Waals surface area contributed by atoms with E-state index >= 15 is 0 Å². The molecule has 0 spiro atoms. The first-order valence-electron chi connectivity index (χ1n) is 3.58. The minimum atomic E-state index is 0.115. The second kappa shape index (κ2) is 5.23. The maximum Gasteiger partial charge on any atom is 0.221 e. The van der Waals surface area contributed by atoms with Gasteiger partial charge in [-0.3, -0.25) is 4.79 Å². The quantitative estimate of drug-likeness (QED) is 0.558. The molecule has 0 atom stereocenters. The SMILES string of the molecule is CNCNC(=O)CC(C)C. The molecule has 0 aliphatic heterocycles. The topological polar surface area (TPSA) is 41.1 Å². The van der Waals surface area contributed by atoms with Crippen molar-refractivity contribution in [2.24, 2.45) is 5.92 Å². The lowest BCUT2D eigenvalue weighted by molar-refractivity contribution is -0.121. The summed E-state index contributed by atoms with van der Waals surface area (Å²) < 4.78 is 0. The highest BCUT2D eigenvalue weighted by atomic mass is 16.1. The number of amides is 1. The maximum atomic E-state index is 10.9. The summed E-state index contributed by atoms with van der Waals surface area (Å²) in [7, 11) is 1.80. The molecule has 1 amide bonds. The summed E-state index contributed by atoms with van der Waals surface area (Å²) in [6, 6.07) is 0. The molecule has 10 heavy (non-hydrogen) atoms. The molecule has 0 saturated heterocycles. The molecule has 0 aromatic carbocycles. The van der Waals surface area contributed by atoms with Gasteiger partial charge in [0.15, 0.2) is 0 Å². The maximum absolute atomic E-state index is 10.9. The monoisotopic (exact) mass is 144 g/mol. The normalized spacial score (nSPS) is 10.0. The zero-order valence-electron chi connectivity index (χ0n) is 6.90. The van der Waals surface area contributed by atoms with Gasteiger partial charge in [-0.1, -0.05) is 13.8 Å². The summed E-state index contributed by atoms with van der Waals surface area (Å²) in [6.45, 7) is 4.61. The number of carbonyl (C=O) groups is 1. The summed E-state index contributed by atoms with van der Waals surface area (Å²) in [4.78, 5) is 10.9. The predicted molar refractivity (Wildman–Crippen MR) is 41.5 cm³/mol. The molecule has 60 valence electrons. The second-order valence-corrected chi connectivity index (χ2v) is 2.73. The highest BCUT2D eigenvalue weighted by Gasteiger charge is 2.01. The molecule has 0 fully saturated rings. The lowest BCUT2D eigenvalue weighted by Gasteiger charge is -2.05. The van der Waals surface area contributed by atoms with Gasteiger partial charge >= 0.3 is 0 Å². The third-order valence-electron chi connectivity index (χ3n) is 1.06. The number of carbonyl (C=O) groups excluding carboxylic acids is 1. The van der Waals surface area contributed by atoms with Crippen LogP contribution < -0.4 is 10.6 Å². The molecule has 0 radical (unpaired) electrons. The Morgan fingerprint density at radius 1 is 1.50 bits per heavy atom. The average Bonchev–Trinajstić information content (AvgIpc) is 1.82. The van der Waals surface area contributed by atoms with Gasteiger partial charge in [0.25, 0.3) is 0 Å². The lowest BCUT2D eigenvalue weighted by Crippen LogP contribution is -2.32. The lowest BCUT2D eigenvalue weighted by atomic mass is 10.1. The number of rotatable bonds is 4. The Kier molecular flexibility index (Phi) is 4.94. The van der Waals surface area contributed by atoms with Crippen molar-refractivity contribution >= 4 is 5.91 Å². The zero-order chi connectivity index (χ0) is 7.98. The second-order valence-electron chi connectivity index (χ2n) is 2.73. The Morgan fingerprint density at radius 3 is 2.50 bits per heavy atom. The summed E-state index contributed by atoms with van der Waals surface area (Å²) in [5, 5.41) is 5.55. The van der Waals surface area contributed by atoms with Crippen LogP contribution in [-0.2, 0) is 4.79 Å². The van der Waals surface area contributed by atoms with Gasteiger partial charge < -0.3 is 10.6 Å². The zero-order valence-corrected chi connectivity index (χ0v) is 6.90. The van der Waals surface area contributed by atoms with Crippen molar-refractivity contribution in [3.8, 4) is 0 Å². The molecule has 2 N–H and O–H groups in total. The highest BCUT2D eigenvalue weighted by molar-refractivity contribution is 5.75. The Labute approximate surface area is 62.2 Å². The van der Waals surface area contributed by atoms with E-state index in [-0.39, 0.29) is 5.91 Å². The van der Waals surface area contributed by atoms with Gasteiger partial charge in [0.05, 0.1) is 6.67 Å². The van der Waals surface area contributed by atoms with Gasteiger partial charge in [0.1, 0.15) is 0 Å². The fraction of sp³-hybridized carbons (Fsp3) is 0.857. The minimum Gasteiger partial charge on any atom is -0.344 e. The van der Waals surface area contributed by atoms with Gasteiger partial charge in [0.2, 0.25) is 5.91 Å². The van der Waals surface area contributed by atoms with Crippen molar-refractivity contribution in [1.29, 1.82) is 0 Å². The first-order valence-corrected chi connectivity index (χ1v) is 3.58. The highest BCUT2D eigenvalue weighted by Crippen LogP contribution is 1.97. The molecule has 0 saturated carbocycles. The van der Waals surface area contributed by atoms with Crippen LogP contribution in [0.4, 0.5) is 0 Å². The third-order valence-corrected chi connectivity index (χ3v) is 1.06. The molecular formula is C7H16N2O. The molecule has 3 nitrogen and oxygen atoms in total. The molecule has 0 aromatic heterocycles. The van der Waals surface area contributed by atoms with Crippen LogP contribution in [0.3, 0.4) is 0 Å². The molecule has 0 heterocycles. The minimum absolute atomic E-state index is 0.115. The van der Waals surface area contributed by atoms with Crippen LogP contribution in [0.2, 0.25) is 0 Å². The Bertz CT molecular complexity index is 102. The molecule has 0 aromatic rings. The number of nitrogens with one attached hydrogen (secondary N) is 2. The number of hydrogen-bond donors (Lipinski definition) is 2. The molecular weight excluding hydrogens is 128 g/mol. The van der Waals surface area contributed by atoms with Crippen molar-refractivity contribution in [2.45, 2.75) is 20.3 Å². The van der Waals surface area contributed by atoms with Crippen LogP contribution in [0.1, 0.15) is 20.3 Å². The molecule has 0 aliphatic rings. The van der Waals surface area contributed by atoms with E-state index in [1.807, 2.05) is 13.8 Å². The van der Waals surface area contributed by atoms with E-state index in [2.05, 4.69) is 10.6 Å². The summed E-state index contributed by atoms with van der Waals surface area (Å²) in [5.74, 6) is 0.557. The van der Waals surface area contributed by atoms with Gasteiger partial charge in [-0.15, -0.1) is 0 Å².